The van der Waals surface area contributed by atoms with E-state index in [1.54, 1.807) is 0 Å². The quantitative estimate of drug-likeness (QED) is 0.649. The van der Waals surface area contributed by atoms with Crippen LogP contribution in [-0.2, 0) is 9.53 Å². The lowest BCUT2D eigenvalue weighted by Gasteiger charge is -2.50. The molecule has 1 aliphatic carbocycles. The molecule has 0 aromatic carbocycles. The molecule has 0 heterocycles. The molecule has 14 heavy (non-hydrogen) atoms. The van der Waals surface area contributed by atoms with Gasteiger partial charge in [-0.1, -0.05) is 26.7 Å². The van der Waals surface area contributed by atoms with E-state index in [9.17, 15) is 4.79 Å². The van der Waals surface area contributed by atoms with Crippen molar-refractivity contribution >= 4 is 5.97 Å². The number of rotatable bonds is 3. The van der Waals surface area contributed by atoms with E-state index in [1.807, 2.05) is 0 Å². The van der Waals surface area contributed by atoms with Gasteiger partial charge in [0.25, 0.3) is 0 Å². The van der Waals surface area contributed by atoms with Crippen LogP contribution in [0.3, 0.4) is 0 Å². The zero-order chi connectivity index (χ0) is 10.8. The predicted octanol–water partition coefficient (Wildman–Crippen LogP) is 2.27. The summed E-state index contributed by atoms with van der Waals surface area (Å²) in [5.74, 6) is -0.363. The van der Waals surface area contributed by atoms with Crippen molar-refractivity contribution in [1.29, 1.82) is 5.26 Å². The third-order valence-electron chi connectivity index (χ3n) is 3.64. The molecule has 0 aliphatic heterocycles. The highest BCUT2D eigenvalue weighted by atomic mass is 16.5. The summed E-state index contributed by atoms with van der Waals surface area (Å²) in [6.07, 6.45) is 3.39. The maximum absolute atomic E-state index is 11.4. The molecule has 1 saturated carbocycles. The van der Waals surface area contributed by atoms with Crippen molar-refractivity contribution in [1.82, 2.24) is 0 Å². The van der Waals surface area contributed by atoms with Crippen LogP contribution >= 0.6 is 0 Å². The lowest BCUT2D eigenvalue weighted by atomic mass is 9.51. The van der Waals surface area contributed by atoms with E-state index >= 15 is 0 Å². The molecule has 1 rings (SSSR count). The normalized spacial score (nSPS) is 21.9. The molecule has 3 nitrogen and oxygen atoms in total. The fourth-order valence-electron chi connectivity index (χ4n) is 2.44. The molecule has 0 aromatic rings. The van der Waals surface area contributed by atoms with Gasteiger partial charge in [0.1, 0.15) is 0 Å². The second-order valence-corrected chi connectivity index (χ2v) is 4.25. The number of nitrogens with zero attached hydrogens (tertiary/aromatic N) is 1. The van der Waals surface area contributed by atoms with Gasteiger partial charge in [-0.15, -0.1) is 0 Å². The highest BCUT2D eigenvalue weighted by Crippen LogP contribution is 2.58. The van der Waals surface area contributed by atoms with Crippen molar-refractivity contribution in [2.45, 2.75) is 39.5 Å². The first kappa shape index (κ1) is 11.0. The molecule has 78 valence electrons. The summed E-state index contributed by atoms with van der Waals surface area (Å²) >= 11 is 0. The van der Waals surface area contributed by atoms with Gasteiger partial charge in [0, 0.05) is 0 Å². The molecule has 0 amide bonds. The highest BCUT2D eigenvalue weighted by molar-refractivity contribution is 5.81. The molecule has 0 radical (unpaired) electrons. The van der Waals surface area contributed by atoms with E-state index in [2.05, 4.69) is 24.7 Å². The topological polar surface area (TPSA) is 50.1 Å². The Hall–Kier alpha value is -1.04. The van der Waals surface area contributed by atoms with Gasteiger partial charge in [-0.25, -0.2) is 0 Å². The van der Waals surface area contributed by atoms with Crippen LogP contribution in [0.25, 0.3) is 0 Å². The maximum atomic E-state index is 11.4. The monoisotopic (exact) mass is 195 g/mol. The minimum atomic E-state index is -0.846. The first-order chi connectivity index (χ1) is 6.58. The van der Waals surface area contributed by atoms with Crippen LogP contribution in [0.15, 0.2) is 0 Å². The van der Waals surface area contributed by atoms with Crippen LogP contribution in [0.2, 0.25) is 0 Å². The minimum Gasteiger partial charge on any atom is -0.468 e. The molecule has 0 spiro atoms. The highest BCUT2D eigenvalue weighted by Gasteiger charge is 2.58. The van der Waals surface area contributed by atoms with Gasteiger partial charge in [-0.2, -0.15) is 5.26 Å². The predicted molar refractivity (Wildman–Crippen MR) is 52.3 cm³/mol. The van der Waals surface area contributed by atoms with E-state index in [1.165, 1.54) is 7.11 Å². The van der Waals surface area contributed by atoms with Crippen molar-refractivity contribution in [3.63, 3.8) is 0 Å². The van der Waals surface area contributed by atoms with Gasteiger partial charge in [0.05, 0.1) is 13.2 Å². The van der Waals surface area contributed by atoms with Gasteiger partial charge in [0.15, 0.2) is 5.41 Å². The Morgan fingerprint density at radius 1 is 1.43 bits per heavy atom. The lowest BCUT2D eigenvalue weighted by Crippen LogP contribution is -2.50. The third-order valence-corrected chi connectivity index (χ3v) is 3.64. The van der Waals surface area contributed by atoms with Gasteiger partial charge >= 0.3 is 5.97 Å². The first-order valence-corrected chi connectivity index (χ1v) is 5.08. The Balaban J connectivity index is 2.75. The fraction of sp³-hybridized carbons (Fsp3) is 0.818. The van der Waals surface area contributed by atoms with E-state index in [0.717, 1.165) is 12.8 Å². The second-order valence-electron chi connectivity index (χ2n) is 4.25. The molecule has 1 fully saturated rings. The van der Waals surface area contributed by atoms with Gasteiger partial charge < -0.3 is 4.74 Å². The Kier molecular flexibility index (Phi) is 2.84. The average molecular weight is 195 g/mol. The van der Waals surface area contributed by atoms with Crippen LogP contribution in [0.4, 0.5) is 0 Å². The van der Waals surface area contributed by atoms with E-state index in [0.29, 0.717) is 12.8 Å². The molecule has 0 saturated heterocycles. The molecule has 0 aromatic heterocycles. The molecule has 0 bridgehead atoms. The molecular formula is C11H17NO2. The van der Waals surface area contributed by atoms with Crippen LogP contribution in [0.5, 0.6) is 0 Å². The van der Waals surface area contributed by atoms with Crippen molar-refractivity contribution < 1.29 is 9.53 Å². The largest absolute Gasteiger partial charge is 0.468 e. The zero-order valence-electron chi connectivity index (χ0n) is 9.09. The molecule has 1 aliphatic rings. The number of methoxy groups -OCH3 is 1. The number of carbonyl (C=O) groups excluding carboxylic acids is 1. The van der Waals surface area contributed by atoms with Gasteiger partial charge in [0.2, 0.25) is 0 Å². The van der Waals surface area contributed by atoms with Gasteiger partial charge in [-0.05, 0) is 18.3 Å². The van der Waals surface area contributed by atoms with Crippen molar-refractivity contribution in [3.8, 4) is 6.07 Å². The van der Waals surface area contributed by atoms with Crippen LogP contribution in [0.1, 0.15) is 39.5 Å². The summed E-state index contributed by atoms with van der Waals surface area (Å²) in [6.45, 7) is 4.23. The summed E-state index contributed by atoms with van der Waals surface area (Å²) in [4.78, 5) is 11.4. The number of esters is 1. The SMILES string of the molecule is CCC1(CC)CC(C#N)(C(=O)OC)C1. The van der Waals surface area contributed by atoms with Crippen molar-refractivity contribution in [2.24, 2.45) is 10.8 Å². The maximum Gasteiger partial charge on any atom is 0.326 e. The number of nitriles is 1. The molecule has 3 heteroatoms. The average Bonchev–Trinajstić information content (AvgIpc) is 2.18. The van der Waals surface area contributed by atoms with Crippen LogP contribution in [-0.4, -0.2) is 13.1 Å². The summed E-state index contributed by atoms with van der Waals surface area (Å²) < 4.78 is 4.67. The molecular weight excluding hydrogens is 178 g/mol. The number of ether oxygens (including phenoxy) is 1. The first-order valence-electron chi connectivity index (χ1n) is 5.08. The Morgan fingerprint density at radius 2 is 1.93 bits per heavy atom. The smallest absolute Gasteiger partial charge is 0.326 e. The summed E-state index contributed by atoms with van der Waals surface area (Å²) in [7, 11) is 1.35. The van der Waals surface area contributed by atoms with Gasteiger partial charge in [-0.3, -0.25) is 4.79 Å². The standard InChI is InChI=1S/C11H17NO2/c1-4-10(5-2)6-11(7-10,8-12)9(13)14-3/h4-7H2,1-3H3. The number of carbonyl (C=O) groups is 1. The minimum absolute atomic E-state index is 0.198. The van der Waals surface area contributed by atoms with E-state index in [4.69, 9.17) is 5.26 Å². The Bertz CT molecular complexity index is 266. The Labute approximate surface area is 85.1 Å². The fourth-order valence-corrected chi connectivity index (χ4v) is 2.44. The summed E-state index contributed by atoms with van der Waals surface area (Å²) in [6, 6.07) is 2.11. The molecule has 0 atom stereocenters. The summed E-state index contributed by atoms with van der Waals surface area (Å²) in [5.41, 5.74) is -0.648. The summed E-state index contributed by atoms with van der Waals surface area (Å²) in [5, 5.41) is 9.01. The van der Waals surface area contributed by atoms with Crippen LogP contribution < -0.4 is 0 Å². The van der Waals surface area contributed by atoms with E-state index < -0.39 is 5.41 Å². The van der Waals surface area contributed by atoms with Crippen molar-refractivity contribution in [2.75, 3.05) is 7.11 Å². The van der Waals surface area contributed by atoms with E-state index in [-0.39, 0.29) is 11.4 Å². The zero-order valence-corrected chi connectivity index (χ0v) is 9.09. The van der Waals surface area contributed by atoms with Crippen LogP contribution in [0, 0.1) is 22.2 Å². The Morgan fingerprint density at radius 3 is 2.21 bits per heavy atom. The lowest BCUT2D eigenvalue weighted by molar-refractivity contribution is -0.162. The number of hydrogen-bond acceptors (Lipinski definition) is 3. The third kappa shape index (κ3) is 1.39. The molecule has 0 N–H and O–H groups in total. The number of hydrogen-bond donors (Lipinski definition) is 0. The van der Waals surface area contributed by atoms with Crippen molar-refractivity contribution in [3.05, 3.63) is 0 Å². The second kappa shape index (κ2) is 3.61. The molecule has 0 unspecified atom stereocenters.